The van der Waals surface area contributed by atoms with Crippen molar-refractivity contribution in [1.29, 1.82) is 0 Å². The average molecular weight is 306 g/mol. The Labute approximate surface area is 135 Å². The second-order valence-electron chi connectivity index (χ2n) is 5.36. The molecule has 0 unspecified atom stereocenters. The van der Waals surface area contributed by atoms with Gasteiger partial charge in [0.05, 0.1) is 0 Å². The van der Waals surface area contributed by atoms with Gasteiger partial charge in [-0.15, -0.1) is 0 Å². The van der Waals surface area contributed by atoms with Crippen LogP contribution in [0.5, 0.6) is 0 Å². The van der Waals surface area contributed by atoms with E-state index in [0.717, 1.165) is 22.4 Å². The minimum atomic E-state index is -0.382. The fourth-order valence-corrected chi connectivity index (χ4v) is 2.85. The van der Waals surface area contributed by atoms with E-state index in [1.54, 1.807) is 7.05 Å². The summed E-state index contributed by atoms with van der Waals surface area (Å²) in [5, 5.41) is 2.00. The summed E-state index contributed by atoms with van der Waals surface area (Å²) in [6, 6.07) is 20.5. The Bertz CT molecular complexity index is 857. The number of hydrogen-bond donors (Lipinski definition) is 0. The SMILES string of the molecule is Cc1cccc(N(C)C(=O)[S-])c1-c1ccc2ccccc2c1. The Morgan fingerprint density at radius 1 is 0.955 bits per heavy atom. The van der Waals surface area contributed by atoms with Gasteiger partial charge in [-0.2, -0.15) is 0 Å². The van der Waals surface area contributed by atoms with Crippen molar-refractivity contribution in [3.63, 3.8) is 0 Å². The molecule has 0 aliphatic heterocycles. The first-order valence-electron chi connectivity index (χ1n) is 7.11. The third-order valence-corrected chi connectivity index (χ3v) is 4.20. The smallest absolute Gasteiger partial charge is 0.105 e. The van der Waals surface area contributed by atoms with Crippen LogP contribution in [0.3, 0.4) is 0 Å². The topological polar surface area (TPSA) is 20.3 Å². The lowest BCUT2D eigenvalue weighted by Gasteiger charge is -2.25. The standard InChI is InChI=1S/C19H17NOS/c1-13-6-5-9-17(20(2)19(21)22)18(13)16-11-10-14-7-3-4-8-15(14)12-16/h3-12H,1-2H3,(H,21,22)/p-1. The number of carbonyl (C=O) groups is 1. The van der Waals surface area contributed by atoms with Gasteiger partial charge < -0.3 is 22.3 Å². The molecule has 0 aliphatic carbocycles. The lowest BCUT2D eigenvalue weighted by Crippen LogP contribution is -2.22. The maximum absolute atomic E-state index is 11.6. The van der Waals surface area contributed by atoms with Crippen molar-refractivity contribution in [2.24, 2.45) is 0 Å². The average Bonchev–Trinajstić information content (AvgIpc) is 2.53. The van der Waals surface area contributed by atoms with Crippen LogP contribution < -0.4 is 4.90 Å². The lowest BCUT2D eigenvalue weighted by atomic mass is 9.96. The maximum Gasteiger partial charge on any atom is 0.105 e. The first-order chi connectivity index (χ1) is 10.6. The molecule has 0 heterocycles. The molecule has 0 saturated carbocycles. The normalized spacial score (nSPS) is 10.6. The van der Waals surface area contributed by atoms with Gasteiger partial charge in [0.1, 0.15) is 5.24 Å². The molecular formula is C19H16NOS-. The first kappa shape index (κ1) is 14.5. The molecule has 0 radical (unpaired) electrons. The van der Waals surface area contributed by atoms with E-state index in [1.807, 2.05) is 24.3 Å². The number of fused-ring (bicyclic) bond motifs is 1. The van der Waals surface area contributed by atoms with Crippen molar-refractivity contribution >= 4 is 34.3 Å². The highest BCUT2D eigenvalue weighted by molar-refractivity contribution is 7.77. The zero-order valence-corrected chi connectivity index (χ0v) is 13.4. The lowest BCUT2D eigenvalue weighted by molar-refractivity contribution is 0.266. The van der Waals surface area contributed by atoms with Gasteiger partial charge in [-0.05, 0) is 41.0 Å². The number of benzene rings is 3. The molecule has 0 atom stereocenters. The monoisotopic (exact) mass is 306 g/mol. The molecule has 22 heavy (non-hydrogen) atoms. The molecule has 3 aromatic carbocycles. The van der Waals surface area contributed by atoms with Crippen LogP contribution in [0.1, 0.15) is 5.56 Å². The maximum atomic E-state index is 11.6. The van der Waals surface area contributed by atoms with E-state index in [1.165, 1.54) is 15.7 Å². The van der Waals surface area contributed by atoms with Crippen molar-refractivity contribution < 1.29 is 4.79 Å². The molecule has 0 bridgehead atoms. The molecule has 0 aromatic heterocycles. The highest BCUT2D eigenvalue weighted by atomic mass is 32.1. The summed E-state index contributed by atoms with van der Waals surface area (Å²) in [5.41, 5.74) is 4.11. The summed E-state index contributed by atoms with van der Waals surface area (Å²) in [5.74, 6) is 0. The zero-order valence-electron chi connectivity index (χ0n) is 12.5. The minimum Gasteiger partial charge on any atom is -0.719 e. The van der Waals surface area contributed by atoms with Gasteiger partial charge in [0.25, 0.3) is 0 Å². The molecule has 0 spiro atoms. The predicted molar refractivity (Wildman–Crippen MR) is 95.3 cm³/mol. The second kappa shape index (κ2) is 5.78. The number of carbonyl (C=O) groups excluding carboxylic acids is 1. The van der Waals surface area contributed by atoms with E-state index < -0.39 is 0 Å². The highest BCUT2D eigenvalue weighted by Crippen LogP contribution is 2.35. The molecule has 1 amide bonds. The quantitative estimate of drug-likeness (QED) is 0.626. The van der Waals surface area contributed by atoms with Gasteiger partial charge >= 0.3 is 0 Å². The van der Waals surface area contributed by atoms with E-state index in [2.05, 4.69) is 43.3 Å². The van der Waals surface area contributed by atoms with Crippen LogP contribution in [0.2, 0.25) is 0 Å². The molecule has 3 rings (SSSR count). The van der Waals surface area contributed by atoms with Crippen LogP contribution in [0.15, 0.2) is 60.7 Å². The van der Waals surface area contributed by atoms with Crippen LogP contribution in [-0.2, 0) is 12.6 Å². The summed E-state index contributed by atoms with van der Waals surface area (Å²) in [7, 11) is 1.72. The summed E-state index contributed by atoms with van der Waals surface area (Å²) >= 11 is 4.80. The highest BCUT2D eigenvalue weighted by Gasteiger charge is 2.12. The molecule has 0 N–H and O–H groups in total. The first-order valence-corrected chi connectivity index (χ1v) is 7.52. The molecule has 0 fully saturated rings. The summed E-state index contributed by atoms with van der Waals surface area (Å²) in [6.45, 7) is 2.05. The van der Waals surface area contributed by atoms with Crippen molar-refractivity contribution in [2.45, 2.75) is 6.92 Å². The summed E-state index contributed by atoms with van der Waals surface area (Å²) < 4.78 is 0. The van der Waals surface area contributed by atoms with Crippen LogP contribution in [-0.4, -0.2) is 12.3 Å². The number of amides is 1. The number of hydrogen-bond acceptors (Lipinski definition) is 2. The largest absolute Gasteiger partial charge is 0.719 e. The van der Waals surface area contributed by atoms with E-state index in [-0.39, 0.29) is 5.24 Å². The van der Waals surface area contributed by atoms with E-state index in [0.29, 0.717) is 0 Å². The number of aryl methyl sites for hydroxylation is 1. The summed E-state index contributed by atoms with van der Waals surface area (Å²) in [6.07, 6.45) is 0. The van der Waals surface area contributed by atoms with Gasteiger partial charge in [-0.25, -0.2) is 0 Å². The second-order valence-corrected chi connectivity index (χ2v) is 5.71. The van der Waals surface area contributed by atoms with Crippen LogP contribution in [0.4, 0.5) is 10.5 Å². The van der Waals surface area contributed by atoms with Gasteiger partial charge in [0.2, 0.25) is 0 Å². The predicted octanol–water partition coefficient (Wildman–Crippen LogP) is 4.92. The number of nitrogens with zero attached hydrogens (tertiary/aromatic N) is 1. The van der Waals surface area contributed by atoms with Crippen molar-refractivity contribution in [1.82, 2.24) is 0 Å². The van der Waals surface area contributed by atoms with Crippen LogP contribution >= 0.6 is 0 Å². The number of rotatable bonds is 2. The fraction of sp³-hybridized carbons (Fsp3) is 0.105. The van der Waals surface area contributed by atoms with E-state index >= 15 is 0 Å². The van der Waals surface area contributed by atoms with Gasteiger partial charge in [-0.3, -0.25) is 0 Å². The van der Waals surface area contributed by atoms with Gasteiger partial charge in [0.15, 0.2) is 0 Å². The molecule has 2 nitrogen and oxygen atoms in total. The van der Waals surface area contributed by atoms with Gasteiger partial charge in [-0.1, -0.05) is 48.5 Å². The Morgan fingerprint density at radius 3 is 2.41 bits per heavy atom. The Hall–Kier alpha value is -2.39. The third-order valence-electron chi connectivity index (χ3n) is 3.92. The summed E-state index contributed by atoms with van der Waals surface area (Å²) in [4.78, 5) is 13.1. The van der Waals surface area contributed by atoms with Crippen molar-refractivity contribution in [2.75, 3.05) is 11.9 Å². The van der Waals surface area contributed by atoms with Crippen molar-refractivity contribution in [3.8, 4) is 11.1 Å². The minimum absolute atomic E-state index is 0.382. The molecule has 0 saturated heterocycles. The zero-order chi connectivity index (χ0) is 15.7. The Kier molecular flexibility index (Phi) is 3.82. The van der Waals surface area contributed by atoms with Crippen molar-refractivity contribution in [3.05, 3.63) is 66.2 Å². The van der Waals surface area contributed by atoms with E-state index in [9.17, 15) is 4.79 Å². The molecule has 3 aromatic rings. The fourth-order valence-electron chi connectivity index (χ4n) is 2.75. The molecule has 110 valence electrons. The Balaban J connectivity index is 2.23. The van der Waals surface area contributed by atoms with Crippen LogP contribution in [0, 0.1) is 6.92 Å². The third kappa shape index (κ3) is 2.55. The number of anilines is 1. The molecule has 0 aliphatic rings. The molecule has 3 heteroatoms. The van der Waals surface area contributed by atoms with Gasteiger partial charge in [0, 0.05) is 18.3 Å². The van der Waals surface area contributed by atoms with Crippen LogP contribution in [0.25, 0.3) is 21.9 Å². The Morgan fingerprint density at radius 2 is 1.68 bits per heavy atom. The molecular weight excluding hydrogens is 290 g/mol. The van der Waals surface area contributed by atoms with E-state index in [4.69, 9.17) is 12.6 Å².